The SMILES string of the molecule is CCCCCCCCCCCCCCCCCC(=O)OC[C@H](COP(=O)(O)OC[C@@H](O)COP(=O)(O)OC[C@@H](COC(=O)CCCCCCCCCCC(C)C)OC(=O)CCCCCCCCCCCCC(C)CC)OC(=O)CCCCCCCCCCCCCCCCCCCCC(C)C. The molecule has 3 unspecified atom stereocenters. The van der Waals surface area contributed by atoms with Crippen molar-refractivity contribution in [3.05, 3.63) is 0 Å². The van der Waals surface area contributed by atoms with Gasteiger partial charge in [0.25, 0.3) is 0 Å². The predicted octanol–water partition coefficient (Wildman–Crippen LogP) is 24.5. The molecule has 0 bridgehead atoms. The van der Waals surface area contributed by atoms with Crippen LogP contribution in [0.4, 0.5) is 0 Å². The molecule has 0 aliphatic rings. The summed E-state index contributed by atoms with van der Waals surface area (Å²) in [7, 11) is -9.92. The van der Waals surface area contributed by atoms with Gasteiger partial charge in [-0.3, -0.25) is 37.3 Å². The molecule has 101 heavy (non-hydrogen) atoms. The van der Waals surface area contributed by atoms with E-state index in [1.54, 1.807) is 0 Å². The number of carbonyl (C=O) groups is 4. The van der Waals surface area contributed by atoms with E-state index in [9.17, 15) is 43.2 Å². The van der Waals surface area contributed by atoms with Crippen LogP contribution >= 0.6 is 15.6 Å². The van der Waals surface area contributed by atoms with E-state index >= 15 is 0 Å². The molecule has 0 aromatic carbocycles. The summed E-state index contributed by atoms with van der Waals surface area (Å²) in [6.07, 6.45) is 61.0. The lowest BCUT2D eigenvalue weighted by molar-refractivity contribution is -0.161. The number of carbonyl (C=O) groups excluding carboxylic acids is 4. The molecule has 19 heteroatoms. The van der Waals surface area contributed by atoms with Crippen LogP contribution in [-0.4, -0.2) is 96.7 Å². The zero-order chi connectivity index (χ0) is 74.4. The number of aliphatic hydroxyl groups excluding tert-OH is 1. The van der Waals surface area contributed by atoms with Gasteiger partial charge in [0.2, 0.25) is 0 Å². The van der Waals surface area contributed by atoms with Crippen LogP contribution in [0.25, 0.3) is 0 Å². The third kappa shape index (κ3) is 74.7. The van der Waals surface area contributed by atoms with Crippen molar-refractivity contribution < 1.29 is 80.2 Å². The fraction of sp³-hybridized carbons (Fsp3) is 0.951. The van der Waals surface area contributed by atoms with Crippen LogP contribution in [0.15, 0.2) is 0 Å². The van der Waals surface area contributed by atoms with E-state index in [0.29, 0.717) is 25.7 Å². The van der Waals surface area contributed by atoms with Gasteiger partial charge in [-0.05, 0) is 43.4 Å². The third-order valence-corrected chi connectivity index (χ3v) is 21.4. The van der Waals surface area contributed by atoms with Crippen molar-refractivity contribution in [1.29, 1.82) is 0 Å². The molecule has 0 amide bonds. The minimum Gasteiger partial charge on any atom is -0.462 e. The largest absolute Gasteiger partial charge is 0.472 e. The van der Waals surface area contributed by atoms with Gasteiger partial charge in [0, 0.05) is 25.7 Å². The average Bonchev–Trinajstić information content (AvgIpc) is 0.980. The van der Waals surface area contributed by atoms with Gasteiger partial charge < -0.3 is 33.8 Å². The molecule has 0 spiro atoms. The van der Waals surface area contributed by atoms with Crippen molar-refractivity contribution in [1.82, 2.24) is 0 Å². The normalized spacial score (nSPS) is 14.2. The van der Waals surface area contributed by atoms with E-state index in [1.807, 2.05) is 0 Å². The number of rotatable bonds is 80. The predicted molar refractivity (Wildman–Crippen MR) is 414 cm³/mol. The summed E-state index contributed by atoms with van der Waals surface area (Å²) in [5, 5.41) is 10.6. The van der Waals surface area contributed by atoms with Crippen molar-refractivity contribution in [2.24, 2.45) is 17.8 Å². The van der Waals surface area contributed by atoms with Gasteiger partial charge >= 0.3 is 39.5 Å². The molecule has 17 nitrogen and oxygen atoms in total. The number of ether oxygens (including phenoxy) is 4. The Morgan fingerprint density at radius 2 is 0.505 bits per heavy atom. The molecule has 0 radical (unpaired) electrons. The van der Waals surface area contributed by atoms with Crippen LogP contribution in [0.2, 0.25) is 0 Å². The lowest BCUT2D eigenvalue weighted by Crippen LogP contribution is -2.30. The first-order valence-electron chi connectivity index (χ1n) is 42.4. The fourth-order valence-corrected chi connectivity index (χ4v) is 14.2. The Bertz CT molecular complexity index is 1960. The fourth-order valence-electron chi connectivity index (χ4n) is 12.6. The van der Waals surface area contributed by atoms with Gasteiger partial charge in [0.15, 0.2) is 12.2 Å². The highest BCUT2D eigenvalue weighted by Crippen LogP contribution is 2.45. The zero-order valence-corrected chi connectivity index (χ0v) is 68.2. The third-order valence-electron chi connectivity index (χ3n) is 19.5. The topological polar surface area (TPSA) is 237 Å². The zero-order valence-electron chi connectivity index (χ0n) is 66.4. The minimum atomic E-state index is -4.96. The van der Waals surface area contributed by atoms with Crippen LogP contribution in [0.5, 0.6) is 0 Å². The van der Waals surface area contributed by atoms with Gasteiger partial charge in [0.05, 0.1) is 26.4 Å². The molecule has 3 N–H and O–H groups in total. The van der Waals surface area contributed by atoms with E-state index in [-0.39, 0.29) is 25.7 Å². The summed E-state index contributed by atoms with van der Waals surface area (Å²) in [5.74, 6) is 0.240. The Labute approximate surface area is 619 Å². The number of esters is 4. The summed E-state index contributed by atoms with van der Waals surface area (Å²) in [5.41, 5.74) is 0. The number of phosphoric ester groups is 2. The summed E-state index contributed by atoms with van der Waals surface area (Å²) in [4.78, 5) is 73.1. The van der Waals surface area contributed by atoms with Gasteiger partial charge in [0.1, 0.15) is 19.3 Å². The average molecular weight is 1480 g/mol. The number of unbranched alkanes of at least 4 members (excludes halogenated alkanes) is 47. The monoisotopic (exact) mass is 1480 g/mol. The molecule has 0 rings (SSSR count). The second kappa shape index (κ2) is 72.3. The second-order valence-corrected chi connectivity index (χ2v) is 33.6. The first kappa shape index (κ1) is 99.1. The van der Waals surface area contributed by atoms with E-state index in [0.717, 1.165) is 108 Å². The number of hydrogen-bond donors (Lipinski definition) is 3. The highest BCUT2D eigenvalue weighted by molar-refractivity contribution is 7.47. The highest BCUT2D eigenvalue weighted by Gasteiger charge is 2.30. The van der Waals surface area contributed by atoms with Gasteiger partial charge in [-0.1, -0.05) is 376 Å². The lowest BCUT2D eigenvalue weighted by Gasteiger charge is -2.21. The molecular formula is C82H160O17P2. The van der Waals surface area contributed by atoms with Crippen LogP contribution in [0, 0.1) is 17.8 Å². The molecule has 0 aliphatic carbocycles. The molecule has 0 aromatic rings. The maximum atomic E-state index is 13.1. The molecule has 0 fully saturated rings. The van der Waals surface area contributed by atoms with Crippen molar-refractivity contribution >= 4 is 39.5 Å². The van der Waals surface area contributed by atoms with Crippen LogP contribution in [0.1, 0.15) is 427 Å². The van der Waals surface area contributed by atoms with Crippen molar-refractivity contribution in [2.75, 3.05) is 39.6 Å². The molecule has 600 valence electrons. The second-order valence-electron chi connectivity index (χ2n) is 30.7. The molecule has 0 saturated heterocycles. The Kier molecular flexibility index (Phi) is 70.9. The highest BCUT2D eigenvalue weighted by atomic mass is 31.2. The molecular weight excluding hydrogens is 1320 g/mol. The number of phosphoric acid groups is 2. The summed E-state index contributed by atoms with van der Waals surface area (Å²) < 4.78 is 68.8. The molecule has 0 saturated carbocycles. The Hall–Kier alpha value is -1.94. The first-order valence-corrected chi connectivity index (χ1v) is 45.4. The lowest BCUT2D eigenvalue weighted by atomic mass is 9.99. The molecule has 0 heterocycles. The Balaban J connectivity index is 5.24. The molecule has 0 aromatic heterocycles. The van der Waals surface area contributed by atoms with Gasteiger partial charge in [-0.25, -0.2) is 9.13 Å². The van der Waals surface area contributed by atoms with E-state index in [2.05, 4.69) is 48.5 Å². The Morgan fingerprint density at radius 1 is 0.287 bits per heavy atom. The number of aliphatic hydroxyl groups is 1. The Morgan fingerprint density at radius 3 is 0.752 bits per heavy atom. The maximum absolute atomic E-state index is 13.1. The van der Waals surface area contributed by atoms with Crippen LogP contribution in [0.3, 0.4) is 0 Å². The standard InChI is InChI=1S/C82H160O17P2/c1-8-10-11-12-13-14-15-16-21-25-28-34-42-49-56-63-79(84)92-69-77(98-81(86)65-58-51-44-35-29-26-23-20-18-17-19-22-24-27-32-39-46-53-60-73(3)4)71-96-100(88,89)94-67-76(83)68-95-101(90,91)97-72-78(70-93-80(85)64-57-50-43-38-37-40-47-54-61-74(5)6)99-82(87)66-59-52-45-36-31-30-33-41-48-55-62-75(7)9-2/h73-78,83H,8-72H2,1-7H3,(H,88,89)(H,90,91)/t75?,76-,77-,78-/m1/s1. The summed E-state index contributed by atoms with van der Waals surface area (Å²) >= 11 is 0. The molecule has 6 atom stereocenters. The van der Waals surface area contributed by atoms with Crippen molar-refractivity contribution in [2.45, 2.75) is 446 Å². The quantitative estimate of drug-likeness (QED) is 0.0222. The van der Waals surface area contributed by atoms with Gasteiger partial charge in [-0.15, -0.1) is 0 Å². The van der Waals surface area contributed by atoms with Crippen molar-refractivity contribution in [3.63, 3.8) is 0 Å². The minimum absolute atomic E-state index is 0.106. The molecule has 0 aliphatic heterocycles. The van der Waals surface area contributed by atoms with E-state index < -0.39 is 97.5 Å². The maximum Gasteiger partial charge on any atom is 0.472 e. The van der Waals surface area contributed by atoms with Crippen LogP contribution in [-0.2, 0) is 65.4 Å². The number of hydrogen-bond acceptors (Lipinski definition) is 15. The first-order chi connectivity index (χ1) is 48.8. The van der Waals surface area contributed by atoms with E-state index in [4.69, 9.17) is 37.0 Å². The van der Waals surface area contributed by atoms with Gasteiger partial charge in [-0.2, -0.15) is 0 Å². The van der Waals surface area contributed by atoms with E-state index in [1.165, 1.54) is 238 Å². The smallest absolute Gasteiger partial charge is 0.462 e. The van der Waals surface area contributed by atoms with Crippen LogP contribution < -0.4 is 0 Å². The summed E-state index contributed by atoms with van der Waals surface area (Å²) in [6.45, 7) is 12.0. The summed E-state index contributed by atoms with van der Waals surface area (Å²) in [6, 6.07) is 0. The van der Waals surface area contributed by atoms with Crippen molar-refractivity contribution in [3.8, 4) is 0 Å².